The van der Waals surface area contributed by atoms with E-state index >= 15 is 0 Å². The standard InChI is InChI=1S/C23H26N3O2/c27-22-10-6-16-25(22)20-11-13-21(14-12-20)26(17-19-9-4-5-15-24-19)23(28)18-7-2-1-3-8-18/h2-3,7-8,11-14,19,24H,4-6,9-10,15-17H2. The van der Waals surface area contributed by atoms with E-state index in [2.05, 4.69) is 11.4 Å². The molecule has 0 aliphatic carbocycles. The number of anilines is 2. The first kappa shape index (κ1) is 18.7. The van der Waals surface area contributed by atoms with Crippen molar-refractivity contribution in [3.05, 3.63) is 60.2 Å². The predicted octanol–water partition coefficient (Wildman–Crippen LogP) is 3.40. The smallest absolute Gasteiger partial charge is 0.258 e. The quantitative estimate of drug-likeness (QED) is 0.870. The van der Waals surface area contributed by atoms with Crippen LogP contribution in [0.3, 0.4) is 0 Å². The fourth-order valence-electron chi connectivity index (χ4n) is 4.02. The molecule has 2 aliphatic heterocycles. The number of benzene rings is 2. The topological polar surface area (TPSA) is 52.7 Å². The largest absolute Gasteiger partial charge is 0.312 e. The highest BCUT2D eigenvalue weighted by atomic mass is 16.2. The second-order valence-electron chi connectivity index (χ2n) is 7.52. The maximum atomic E-state index is 13.2. The van der Waals surface area contributed by atoms with Gasteiger partial charge < -0.3 is 15.1 Å². The molecule has 2 saturated heterocycles. The zero-order valence-corrected chi connectivity index (χ0v) is 16.1. The average Bonchev–Trinajstić information content (AvgIpc) is 3.19. The molecule has 1 atom stereocenters. The van der Waals surface area contributed by atoms with Gasteiger partial charge in [-0.1, -0.05) is 18.6 Å². The van der Waals surface area contributed by atoms with Crippen LogP contribution in [-0.4, -0.2) is 37.5 Å². The lowest BCUT2D eigenvalue weighted by Crippen LogP contribution is -2.46. The minimum atomic E-state index is -0.00799. The van der Waals surface area contributed by atoms with Gasteiger partial charge in [0.25, 0.3) is 5.91 Å². The summed E-state index contributed by atoms with van der Waals surface area (Å²) in [5, 5.41) is 3.53. The molecule has 5 nitrogen and oxygen atoms in total. The first-order chi connectivity index (χ1) is 13.7. The van der Waals surface area contributed by atoms with Crippen LogP contribution in [-0.2, 0) is 4.79 Å². The van der Waals surface area contributed by atoms with Gasteiger partial charge in [-0.15, -0.1) is 0 Å². The van der Waals surface area contributed by atoms with Crippen LogP contribution in [0.25, 0.3) is 0 Å². The first-order valence-electron chi connectivity index (χ1n) is 10.1. The van der Waals surface area contributed by atoms with Crippen LogP contribution in [0.4, 0.5) is 11.4 Å². The van der Waals surface area contributed by atoms with Crippen LogP contribution in [0.2, 0.25) is 0 Å². The number of nitrogens with zero attached hydrogens (tertiary/aromatic N) is 2. The summed E-state index contributed by atoms with van der Waals surface area (Å²) in [6.07, 6.45) is 4.98. The summed E-state index contributed by atoms with van der Waals surface area (Å²) in [5.41, 5.74) is 2.43. The van der Waals surface area contributed by atoms with E-state index in [0.29, 0.717) is 24.6 Å². The fraction of sp³-hybridized carbons (Fsp3) is 0.391. The second-order valence-corrected chi connectivity index (χ2v) is 7.52. The molecule has 2 aromatic carbocycles. The number of rotatable bonds is 5. The molecule has 2 amide bonds. The van der Waals surface area contributed by atoms with E-state index in [0.717, 1.165) is 37.3 Å². The number of carbonyl (C=O) groups is 2. The third-order valence-corrected chi connectivity index (χ3v) is 5.57. The summed E-state index contributed by atoms with van der Waals surface area (Å²) in [4.78, 5) is 28.9. The Kier molecular flexibility index (Phi) is 5.72. The molecule has 2 heterocycles. The molecule has 2 aliphatic rings. The molecule has 0 bridgehead atoms. The van der Waals surface area contributed by atoms with Crippen LogP contribution in [0.1, 0.15) is 42.5 Å². The van der Waals surface area contributed by atoms with Crippen molar-refractivity contribution in [1.29, 1.82) is 0 Å². The molecule has 2 aromatic rings. The summed E-state index contributed by atoms with van der Waals surface area (Å²) >= 11 is 0. The predicted molar refractivity (Wildman–Crippen MR) is 111 cm³/mol. The van der Waals surface area contributed by atoms with E-state index in [1.54, 1.807) is 24.3 Å². The Morgan fingerprint density at radius 3 is 2.54 bits per heavy atom. The summed E-state index contributed by atoms with van der Waals surface area (Å²) in [6, 6.07) is 18.2. The molecule has 0 saturated carbocycles. The Morgan fingerprint density at radius 1 is 1.11 bits per heavy atom. The molecule has 1 unspecified atom stereocenters. The average molecular weight is 376 g/mol. The number of carbonyl (C=O) groups excluding carboxylic acids is 2. The summed E-state index contributed by atoms with van der Waals surface area (Å²) in [5.74, 6) is 0.166. The highest BCUT2D eigenvalue weighted by Gasteiger charge is 2.25. The van der Waals surface area contributed by atoms with Gasteiger partial charge in [0.1, 0.15) is 0 Å². The highest BCUT2D eigenvalue weighted by Crippen LogP contribution is 2.26. The molecule has 0 spiro atoms. The number of hydrogen-bond acceptors (Lipinski definition) is 3. The monoisotopic (exact) mass is 376 g/mol. The summed E-state index contributed by atoms with van der Waals surface area (Å²) in [6.45, 7) is 2.41. The fourth-order valence-corrected chi connectivity index (χ4v) is 4.02. The lowest BCUT2D eigenvalue weighted by Gasteiger charge is -2.31. The van der Waals surface area contributed by atoms with E-state index in [9.17, 15) is 9.59 Å². The van der Waals surface area contributed by atoms with Crippen molar-refractivity contribution in [1.82, 2.24) is 5.32 Å². The SMILES string of the molecule is O=C1CCCN1c1ccc(N(CC2CCCCN2)C(=O)c2cc[c]cc2)cc1. The Morgan fingerprint density at radius 2 is 1.89 bits per heavy atom. The zero-order chi connectivity index (χ0) is 19.3. The number of amides is 2. The molecule has 2 fully saturated rings. The highest BCUT2D eigenvalue weighted by molar-refractivity contribution is 6.06. The molecule has 1 radical (unpaired) electrons. The lowest BCUT2D eigenvalue weighted by molar-refractivity contribution is -0.117. The van der Waals surface area contributed by atoms with E-state index in [4.69, 9.17) is 0 Å². The lowest BCUT2D eigenvalue weighted by atomic mass is 10.0. The maximum absolute atomic E-state index is 13.2. The Labute approximate surface area is 166 Å². The molecular formula is C23H26N3O2. The van der Waals surface area contributed by atoms with Gasteiger partial charge in [0.15, 0.2) is 0 Å². The van der Waals surface area contributed by atoms with Crippen molar-refractivity contribution < 1.29 is 9.59 Å². The molecule has 4 rings (SSSR count). The second kappa shape index (κ2) is 8.57. The van der Waals surface area contributed by atoms with Crippen LogP contribution >= 0.6 is 0 Å². The van der Waals surface area contributed by atoms with Crippen molar-refractivity contribution in [3.8, 4) is 0 Å². The molecule has 145 valence electrons. The van der Waals surface area contributed by atoms with E-state index in [-0.39, 0.29) is 11.8 Å². The van der Waals surface area contributed by atoms with E-state index in [1.165, 1.54) is 12.8 Å². The Hall–Kier alpha value is -2.66. The number of hydrogen-bond donors (Lipinski definition) is 1. The van der Waals surface area contributed by atoms with Crippen molar-refractivity contribution in [3.63, 3.8) is 0 Å². The van der Waals surface area contributed by atoms with Crippen molar-refractivity contribution >= 4 is 23.2 Å². The third kappa shape index (κ3) is 4.09. The molecule has 5 heteroatoms. The van der Waals surface area contributed by atoms with Gasteiger partial charge in [-0.3, -0.25) is 9.59 Å². The van der Waals surface area contributed by atoms with Gasteiger partial charge in [-0.25, -0.2) is 0 Å². The number of piperidine rings is 1. The van der Waals surface area contributed by atoms with Gasteiger partial charge in [0.05, 0.1) is 0 Å². The van der Waals surface area contributed by atoms with Gasteiger partial charge in [0, 0.05) is 42.5 Å². The van der Waals surface area contributed by atoms with E-state index in [1.807, 2.05) is 34.1 Å². The van der Waals surface area contributed by atoms with Crippen molar-refractivity contribution in [2.75, 3.05) is 29.4 Å². The van der Waals surface area contributed by atoms with Gasteiger partial charge in [-0.2, -0.15) is 0 Å². The third-order valence-electron chi connectivity index (χ3n) is 5.57. The van der Waals surface area contributed by atoms with Crippen molar-refractivity contribution in [2.45, 2.75) is 38.1 Å². The van der Waals surface area contributed by atoms with Crippen LogP contribution in [0, 0.1) is 6.07 Å². The van der Waals surface area contributed by atoms with E-state index < -0.39 is 0 Å². The minimum Gasteiger partial charge on any atom is -0.312 e. The molecule has 28 heavy (non-hydrogen) atoms. The maximum Gasteiger partial charge on any atom is 0.258 e. The molecule has 0 aromatic heterocycles. The van der Waals surface area contributed by atoms with Gasteiger partial charge in [-0.05, 0) is 68.3 Å². The van der Waals surface area contributed by atoms with Crippen LogP contribution in [0.15, 0.2) is 48.5 Å². The minimum absolute atomic E-state index is 0.00799. The first-order valence-corrected chi connectivity index (χ1v) is 10.1. The van der Waals surface area contributed by atoms with Crippen LogP contribution < -0.4 is 15.1 Å². The molecule has 1 N–H and O–H groups in total. The Bertz CT molecular complexity index is 814. The normalized spacial score (nSPS) is 19.6. The molecular weight excluding hydrogens is 350 g/mol. The zero-order valence-electron chi connectivity index (χ0n) is 16.1. The van der Waals surface area contributed by atoms with Crippen LogP contribution in [0.5, 0.6) is 0 Å². The van der Waals surface area contributed by atoms with Gasteiger partial charge >= 0.3 is 0 Å². The summed E-state index contributed by atoms with van der Waals surface area (Å²) in [7, 11) is 0. The summed E-state index contributed by atoms with van der Waals surface area (Å²) < 4.78 is 0. The Balaban J connectivity index is 1.58. The van der Waals surface area contributed by atoms with Gasteiger partial charge in [0.2, 0.25) is 5.91 Å². The number of nitrogens with one attached hydrogen (secondary N) is 1. The van der Waals surface area contributed by atoms with Crippen molar-refractivity contribution in [2.24, 2.45) is 0 Å².